The second-order valence-corrected chi connectivity index (χ2v) is 7.23. The van der Waals surface area contributed by atoms with E-state index in [4.69, 9.17) is 17.0 Å². The van der Waals surface area contributed by atoms with E-state index < -0.39 is 0 Å². The Hall–Kier alpha value is -2.93. The number of rotatable bonds is 6. The lowest BCUT2D eigenvalue weighted by molar-refractivity contribution is -0.122. The smallest absolute Gasteiger partial charge is 0.222 e. The highest BCUT2D eigenvalue weighted by Crippen LogP contribution is 2.30. The van der Waals surface area contributed by atoms with Crippen LogP contribution in [0, 0.1) is 4.77 Å². The first-order valence-corrected chi connectivity index (χ1v) is 9.73. The number of aromatic nitrogens is 3. The van der Waals surface area contributed by atoms with Gasteiger partial charge in [0.1, 0.15) is 5.75 Å². The Morgan fingerprint density at radius 1 is 1.29 bits per heavy atom. The lowest BCUT2D eigenvalue weighted by atomic mass is 10.1. The second-order valence-electron chi connectivity index (χ2n) is 6.84. The number of aromatic amines is 1. The number of amides is 1. The Bertz CT molecular complexity index is 1040. The summed E-state index contributed by atoms with van der Waals surface area (Å²) in [6, 6.07) is 16.0. The molecule has 0 spiro atoms. The first-order valence-electron chi connectivity index (χ1n) is 9.32. The van der Waals surface area contributed by atoms with Gasteiger partial charge in [-0.1, -0.05) is 24.3 Å². The van der Waals surface area contributed by atoms with Crippen LogP contribution in [0.1, 0.15) is 30.0 Å². The molecule has 1 amide bonds. The normalized spacial score (nSPS) is 15.2. The van der Waals surface area contributed by atoms with E-state index in [2.05, 4.69) is 27.6 Å². The SMILES string of the molecule is COc1ccc(-c2n[nH]c(=S)n2CCC(=O)NC2CCc3ccccc32)cc1. The molecule has 0 saturated heterocycles. The Balaban J connectivity index is 1.43. The van der Waals surface area contributed by atoms with Crippen LogP contribution in [-0.4, -0.2) is 27.8 Å². The van der Waals surface area contributed by atoms with Gasteiger partial charge in [-0.05, 0) is 60.5 Å². The third-order valence-electron chi connectivity index (χ3n) is 5.14. The molecule has 4 rings (SSSR count). The number of nitrogens with zero attached hydrogens (tertiary/aromatic N) is 2. The van der Waals surface area contributed by atoms with Gasteiger partial charge in [-0.2, -0.15) is 5.10 Å². The van der Waals surface area contributed by atoms with Gasteiger partial charge in [0.05, 0.1) is 13.2 Å². The van der Waals surface area contributed by atoms with E-state index in [0.717, 1.165) is 24.2 Å². The van der Waals surface area contributed by atoms with Crippen molar-refractivity contribution in [1.82, 2.24) is 20.1 Å². The first kappa shape index (κ1) is 18.4. The summed E-state index contributed by atoms with van der Waals surface area (Å²) in [6.45, 7) is 0.469. The van der Waals surface area contributed by atoms with Crippen LogP contribution in [0.2, 0.25) is 0 Å². The van der Waals surface area contributed by atoms with Crippen molar-refractivity contribution in [2.75, 3.05) is 7.11 Å². The number of ether oxygens (including phenoxy) is 1. The third-order valence-corrected chi connectivity index (χ3v) is 5.45. The van der Waals surface area contributed by atoms with E-state index in [-0.39, 0.29) is 11.9 Å². The van der Waals surface area contributed by atoms with Crippen molar-refractivity contribution in [2.24, 2.45) is 0 Å². The minimum atomic E-state index is 0.0190. The van der Waals surface area contributed by atoms with Crippen LogP contribution < -0.4 is 10.1 Å². The summed E-state index contributed by atoms with van der Waals surface area (Å²) in [7, 11) is 1.63. The predicted molar refractivity (Wildman–Crippen MR) is 110 cm³/mol. The van der Waals surface area contributed by atoms with E-state index in [9.17, 15) is 4.79 Å². The lowest BCUT2D eigenvalue weighted by Gasteiger charge is -2.14. The van der Waals surface area contributed by atoms with Gasteiger partial charge in [-0.15, -0.1) is 0 Å². The van der Waals surface area contributed by atoms with Crippen molar-refractivity contribution < 1.29 is 9.53 Å². The lowest BCUT2D eigenvalue weighted by Crippen LogP contribution is -2.28. The number of hydrogen-bond donors (Lipinski definition) is 2. The highest BCUT2D eigenvalue weighted by molar-refractivity contribution is 7.71. The molecule has 2 aromatic carbocycles. The van der Waals surface area contributed by atoms with Crippen molar-refractivity contribution in [3.8, 4) is 17.1 Å². The molecule has 3 aromatic rings. The number of benzene rings is 2. The first-order chi connectivity index (χ1) is 13.7. The molecule has 1 aliphatic rings. The molecule has 0 bridgehead atoms. The number of fused-ring (bicyclic) bond motifs is 1. The van der Waals surface area contributed by atoms with Crippen LogP contribution in [0.5, 0.6) is 5.75 Å². The number of aryl methyl sites for hydroxylation is 1. The fraction of sp³-hybridized carbons (Fsp3) is 0.286. The number of carbonyl (C=O) groups is 1. The molecule has 0 saturated carbocycles. The summed E-state index contributed by atoms with van der Waals surface area (Å²) >= 11 is 5.36. The largest absolute Gasteiger partial charge is 0.497 e. The summed E-state index contributed by atoms with van der Waals surface area (Å²) < 4.78 is 7.56. The van der Waals surface area contributed by atoms with E-state index >= 15 is 0 Å². The molecule has 1 aromatic heterocycles. The molecule has 1 unspecified atom stereocenters. The average Bonchev–Trinajstić information content (AvgIpc) is 3.30. The van der Waals surface area contributed by atoms with Crippen molar-refractivity contribution in [3.63, 3.8) is 0 Å². The molecule has 144 valence electrons. The van der Waals surface area contributed by atoms with Gasteiger partial charge in [0.2, 0.25) is 5.91 Å². The van der Waals surface area contributed by atoms with Crippen molar-refractivity contribution in [3.05, 3.63) is 64.4 Å². The van der Waals surface area contributed by atoms with E-state index in [1.54, 1.807) is 7.11 Å². The Labute approximate surface area is 168 Å². The second kappa shape index (κ2) is 7.98. The maximum atomic E-state index is 12.5. The Morgan fingerprint density at radius 2 is 2.07 bits per heavy atom. The van der Waals surface area contributed by atoms with Gasteiger partial charge < -0.3 is 10.1 Å². The fourth-order valence-corrected chi connectivity index (χ4v) is 3.90. The zero-order valence-corrected chi connectivity index (χ0v) is 16.5. The molecule has 6 nitrogen and oxygen atoms in total. The third kappa shape index (κ3) is 3.71. The molecule has 1 atom stereocenters. The quantitative estimate of drug-likeness (QED) is 0.624. The van der Waals surface area contributed by atoms with Crippen molar-refractivity contribution in [1.29, 1.82) is 0 Å². The number of methoxy groups -OCH3 is 1. The van der Waals surface area contributed by atoms with Gasteiger partial charge in [0.25, 0.3) is 0 Å². The van der Waals surface area contributed by atoms with Crippen molar-refractivity contribution >= 4 is 18.1 Å². The topological polar surface area (TPSA) is 71.9 Å². The minimum Gasteiger partial charge on any atom is -0.497 e. The van der Waals surface area contributed by atoms with Crippen LogP contribution in [-0.2, 0) is 17.8 Å². The standard InChI is InChI=1S/C21H22N4O2S/c1-27-16-9-6-15(7-10-16)20-23-24-21(28)25(20)13-12-19(26)22-18-11-8-14-4-2-3-5-17(14)18/h2-7,9-10,18H,8,11-13H2,1H3,(H,22,26)(H,24,28). The van der Waals surface area contributed by atoms with Crippen LogP contribution in [0.25, 0.3) is 11.4 Å². The van der Waals surface area contributed by atoms with Gasteiger partial charge in [-0.3, -0.25) is 14.5 Å². The molecule has 7 heteroatoms. The molecular formula is C21H22N4O2S. The predicted octanol–water partition coefficient (Wildman–Crippen LogP) is 3.81. The highest BCUT2D eigenvalue weighted by Gasteiger charge is 2.23. The summed E-state index contributed by atoms with van der Waals surface area (Å²) in [4.78, 5) is 12.5. The van der Waals surface area contributed by atoms with Gasteiger partial charge in [0.15, 0.2) is 10.6 Å². The molecule has 1 aliphatic carbocycles. The van der Waals surface area contributed by atoms with Crippen molar-refractivity contribution in [2.45, 2.75) is 31.8 Å². The zero-order chi connectivity index (χ0) is 19.5. The monoisotopic (exact) mass is 394 g/mol. The Kier molecular flexibility index (Phi) is 5.25. The molecule has 0 radical (unpaired) electrons. The zero-order valence-electron chi connectivity index (χ0n) is 15.6. The maximum absolute atomic E-state index is 12.5. The molecule has 1 heterocycles. The van der Waals surface area contributed by atoms with E-state index in [1.807, 2.05) is 41.0 Å². The molecule has 28 heavy (non-hydrogen) atoms. The number of hydrogen-bond acceptors (Lipinski definition) is 4. The number of H-pyrrole nitrogens is 1. The number of nitrogens with one attached hydrogen (secondary N) is 2. The van der Waals surface area contributed by atoms with Gasteiger partial charge in [0, 0.05) is 18.5 Å². The van der Waals surface area contributed by atoms with Crippen LogP contribution in [0.3, 0.4) is 0 Å². The van der Waals surface area contributed by atoms with E-state index in [0.29, 0.717) is 23.6 Å². The summed E-state index contributed by atoms with van der Waals surface area (Å²) in [5, 5.41) is 10.3. The molecule has 2 N–H and O–H groups in total. The summed E-state index contributed by atoms with van der Waals surface area (Å²) in [6.07, 6.45) is 2.30. The van der Waals surface area contributed by atoms with Crippen LogP contribution >= 0.6 is 12.2 Å². The molecule has 0 aliphatic heterocycles. The van der Waals surface area contributed by atoms with Crippen LogP contribution in [0.4, 0.5) is 0 Å². The summed E-state index contributed by atoms with van der Waals surface area (Å²) in [5.74, 6) is 1.51. The number of carbonyl (C=O) groups excluding carboxylic acids is 1. The minimum absolute atomic E-state index is 0.0190. The van der Waals surface area contributed by atoms with E-state index in [1.165, 1.54) is 11.1 Å². The van der Waals surface area contributed by atoms with Gasteiger partial charge >= 0.3 is 0 Å². The molecular weight excluding hydrogens is 372 g/mol. The highest BCUT2D eigenvalue weighted by atomic mass is 32.1. The fourth-order valence-electron chi connectivity index (χ4n) is 3.67. The molecule has 0 fully saturated rings. The van der Waals surface area contributed by atoms with Gasteiger partial charge in [-0.25, -0.2) is 0 Å². The van der Waals surface area contributed by atoms with Crippen LogP contribution in [0.15, 0.2) is 48.5 Å². The average molecular weight is 395 g/mol. The summed E-state index contributed by atoms with van der Waals surface area (Å²) in [5.41, 5.74) is 3.47. The Morgan fingerprint density at radius 3 is 2.86 bits per heavy atom. The maximum Gasteiger partial charge on any atom is 0.222 e.